The maximum absolute atomic E-state index is 10.8. The Labute approximate surface area is 67.2 Å². The molecule has 0 aliphatic carbocycles. The van der Waals surface area contributed by atoms with Crippen molar-refractivity contribution in [1.29, 1.82) is 0 Å². The number of halogens is 1. The Morgan fingerprint density at radius 1 is 1.60 bits per heavy atom. The van der Waals surface area contributed by atoms with Gasteiger partial charge in [0.2, 0.25) is 0 Å². The molecule has 0 saturated carbocycles. The highest BCUT2D eigenvalue weighted by Gasteiger charge is 2.21. The van der Waals surface area contributed by atoms with Gasteiger partial charge in [-0.25, -0.2) is 0 Å². The van der Waals surface area contributed by atoms with E-state index < -0.39 is 7.38 Å². The second-order valence-corrected chi connectivity index (χ2v) is 9.56. The Bertz CT molecular complexity index is 119. The molecule has 2 nitrogen and oxygen atoms in total. The summed E-state index contributed by atoms with van der Waals surface area (Å²) in [4.78, 5) is 10.8. The van der Waals surface area contributed by atoms with Gasteiger partial charge >= 0.3 is 5.97 Å². The van der Waals surface area contributed by atoms with E-state index in [-0.39, 0.29) is 5.97 Å². The summed E-state index contributed by atoms with van der Waals surface area (Å²) < 4.78 is 4.73. The van der Waals surface area contributed by atoms with E-state index >= 15 is 0 Å². The number of hydrogen-bond donors (Lipinski definition) is 0. The van der Waals surface area contributed by atoms with E-state index in [9.17, 15) is 4.79 Å². The fraction of sp³-hybridized carbons (Fsp3) is 0.833. The van der Waals surface area contributed by atoms with E-state index in [1.807, 2.05) is 13.1 Å². The zero-order valence-electron chi connectivity index (χ0n) is 6.61. The van der Waals surface area contributed by atoms with Gasteiger partial charge in [0, 0.05) is 0 Å². The molecule has 0 saturated heterocycles. The van der Waals surface area contributed by atoms with Crippen LogP contribution in [-0.2, 0) is 9.53 Å². The van der Waals surface area contributed by atoms with Crippen LogP contribution in [0.3, 0.4) is 0 Å². The summed E-state index contributed by atoms with van der Waals surface area (Å²) >= 11 is 5.90. The third kappa shape index (κ3) is 6.10. The predicted molar refractivity (Wildman–Crippen MR) is 44.8 cm³/mol. The number of carbonyl (C=O) groups excluding carboxylic acids is 1. The van der Waals surface area contributed by atoms with Gasteiger partial charge in [0.15, 0.2) is 7.38 Å². The molecule has 0 aliphatic rings. The maximum atomic E-state index is 10.8. The van der Waals surface area contributed by atoms with Crippen molar-refractivity contribution in [2.45, 2.75) is 26.1 Å². The third-order valence-corrected chi connectivity index (χ3v) is 2.40. The lowest BCUT2D eigenvalue weighted by atomic mass is 10.8. The summed E-state index contributed by atoms with van der Waals surface area (Å²) in [6.45, 7) is 6.08. The van der Waals surface area contributed by atoms with Crippen molar-refractivity contribution >= 4 is 24.4 Å². The minimum Gasteiger partial charge on any atom is -0.466 e. The second kappa shape index (κ2) is 3.98. The smallest absolute Gasteiger partial charge is 0.304 e. The summed E-state index contributed by atoms with van der Waals surface area (Å²) in [6.07, 6.45) is 0. The van der Waals surface area contributed by atoms with Crippen LogP contribution in [0.25, 0.3) is 0 Å². The normalized spacial score (nSPS) is 11.2. The molecule has 0 unspecified atom stereocenters. The monoisotopic (exact) mass is 180 g/mol. The molecular formula is C6H13ClO2Si. The lowest BCUT2D eigenvalue weighted by molar-refractivity contribution is -0.140. The molecule has 60 valence electrons. The highest BCUT2D eigenvalue weighted by atomic mass is 35.6. The van der Waals surface area contributed by atoms with Crippen molar-refractivity contribution in [3.05, 3.63) is 0 Å². The molecule has 10 heavy (non-hydrogen) atoms. The first-order valence-corrected chi connectivity index (χ1v) is 7.52. The SMILES string of the molecule is CCOC(=O)C[Si](C)(C)Cl. The molecule has 0 amide bonds. The second-order valence-electron chi connectivity index (χ2n) is 2.70. The van der Waals surface area contributed by atoms with Gasteiger partial charge in [0.1, 0.15) is 0 Å². The van der Waals surface area contributed by atoms with Gasteiger partial charge in [-0.3, -0.25) is 4.79 Å². The quantitative estimate of drug-likeness (QED) is 0.377. The predicted octanol–water partition coefficient (Wildman–Crippen LogP) is 1.99. The van der Waals surface area contributed by atoms with Gasteiger partial charge in [0.05, 0.1) is 12.7 Å². The highest BCUT2D eigenvalue weighted by Crippen LogP contribution is 2.14. The molecule has 0 N–H and O–H groups in total. The van der Waals surface area contributed by atoms with Crippen LogP contribution in [0.4, 0.5) is 0 Å². The van der Waals surface area contributed by atoms with Crippen LogP contribution < -0.4 is 0 Å². The molecule has 0 radical (unpaired) electrons. The molecule has 4 heteroatoms. The number of carbonyl (C=O) groups is 1. The van der Waals surface area contributed by atoms with Crippen LogP contribution in [0.5, 0.6) is 0 Å². The summed E-state index contributed by atoms with van der Waals surface area (Å²) in [6, 6.07) is 0.405. The fourth-order valence-corrected chi connectivity index (χ4v) is 1.67. The molecule has 0 heterocycles. The van der Waals surface area contributed by atoms with E-state index in [0.717, 1.165) is 0 Å². The molecule has 0 rings (SSSR count). The number of ether oxygens (including phenoxy) is 1. The van der Waals surface area contributed by atoms with E-state index in [4.69, 9.17) is 15.8 Å². The van der Waals surface area contributed by atoms with Crippen LogP contribution in [0.1, 0.15) is 6.92 Å². The van der Waals surface area contributed by atoms with Crippen molar-refractivity contribution in [2.24, 2.45) is 0 Å². The van der Waals surface area contributed by atoms with E-state index in [1.165, 1.54) is 0 Å². The Morgan fingerprint density at radius 3 is 2.40 bits per heavy atom. The number of esters is 1. The van der Waals surface area contributed by atoms with Gasteiger partial charge in [-0.1, -0.05) is 13.1 Å². The lowest BCUT2D eigenvalue weighted by Crippen LogP contribution is -2.22. The average molecular weight is 181 g/mol. The third-order valence-electron chi connectivity index (χ3n) is 0.870. The van der Waals surface area contributed by atoms with Crippen molar-refractivity contribution in [3.8, 4) is 0 Å². The van der Waals surface area contributed by atoms with E-state index in [1.54, 1.807) is 6.92 Å². The zero-order valence-corrected chi connectivity index (χ0v) is 8.36. The molecular weight excluding hydrogens is 168 g/mol. The van der Waals surface area contributed by atoms with Crippen LogP contribution in [0.15, 0.2) is 0 Å². The van der Waals surface area contributed by atoms with Crippen LogP contribution in [0.2, 0.25) is 19.1 Å². The average Bonchev–Trinajstić information content (AvgIpc) is 1.59. The van der Waals surface area contributed by atoms with Crippen LogP contribution in [0, 0.1) is 0 Å². The van der Waals surface area contributed by atoms with Crippen LogP contribution >= 0.6 is 11.1 Å². The Balaban J connectivity index is 3.58. The first-order chi connectivity index (χ1) is 4.45. The molecule has 0 bridgehead atoms. The fourth-order valence-electron chi connectivity index (χ4n) is 0.555. The zero-order chi connectivity index (χ0) is 8.20. The van der Waals surface area contributed by atoms with Crippen molar-refractivity contribution < 1.29 is 9.53 Å². The Kier molecular flexibility index (Phi) is 3.97. The topological polar surface area (TPSA) is 26.3 Å². The molecule has 0 atom stereocenters. The van der Waals surface area contributed by atoms with E-state index in [2.05, 4.69) is 0 Å². The van der Waals surface area contributed by atoms with Crippen molar-refractivity contribution in [2.75, 3.05) is 6.61 Å². The first kappa shape index (κ1) is 9.98. The molecule has 0 aromatic heterocycles. The van der Waals surface area contributed by atoms with Crippen molar-refractivity contribution in [1.82, 2.24) is 0 Å². The molecule has 0 spiro atoms. The standard InChI is InChI=1S/C6H13ClO2Si/c1-4-9-6(8)5-10(2,3)7/h4-5H2,1-3H3. The minimum atomic E-state index is -1.76. The Hall–Kier alpha value is -0.0231. The Morgan fingerprint density at radius 2 is 2.10 bits per heavy atom. The molecule has 0 aromatic carbocycles. The van der Waals surface area contributed by atoms with Gasteiger partial charge in [-0.15, -0.1) is 0 Å². The summed E-state index contributed by atoms with van der Waals surface area (Å²) in [5, 5.41) is 0. The van der Waals surface area contributed by atoms with Gasteiger partial charge in [-0.05, 0) is 6.92 Å². The molecule has 0 fully saturated rings. The maximum Gasteiger partial charge on any atom is 0.304 e. The highest BCUT2D eigenvalue weighted by molar-refractivity contribution is 7.20. The van der Waals surface area contributed by atoms with Gasteiger partial charge in [-0.2, -0.15) is 11.1 Å². The van der Waals surface area contributed by atoms with Gasteiger partial charge in [0.25, 0.3) is 0 Å². The molecule has 0 aromatic rings. The summed E-state index contributed by atoms with van der Waals surface area (Å²) in [5.74, 6) is -0.172. The summed E-state index contributed by atoms with van der Waals surface area (Å²) in [7, 11) is -1.76. The van der Waals surface area contributed by atoms with Crippen molar-refractivity contribution in [3.63, 3.8) is 0 Å². The summed E-state index contributed by atoms with van der Waals surface area (Å²) in [5.41, 5.74) is 0. The molecule has 0 aliphatic heterocycles. The lowest BCUT2D eigenvalue weighted by Gasteiger charge is -2.10. The largest absolute Gasteiger partial charge is 0.466 e. The number of hydrogen-bond acceptors (Lipinski definition) is 2. The van der Waals surface area contributed by atoms with E-state index in [0.29, 0.717) is 12.7 Å². The van der Waals surface area contributed by atoms with Gasteiger partial charge < -0.3 is 4.74 Å². The first-order valence-electron chi connectivity index (χ1n) is 3.30. The van der Waals surface area contributed by atoms with Crippen LogP contribution in [-0.4, -0.2) is 20.0 Å². The number of rotatable bonds is 3. The minimum absolute atomic E-state index is 0.172.